The summed E-state index contributed by atoms with van der Waals surface area (Å²) >= 11 is 0. The molecule has 0 aromatic rings. The van der Waals surface area contributed by atoms with Crippen LogP contribution in [0.4, 0.5) is 0 Å². The number of nitrogens with two attached hydrogens (primary N) is 1. The second-order valence-corrected chi connectivity index (χ2v) is 5.63. The van der Waals surface area contributed by atoms with Crippen LogP contribution in [0.1, 0.15) is 40.0 Å². The van der Waals surface area contributed by atoms with Gasteiger partial charge >= 0.3 is 0 Å². The summed E-state index contributed by atoms with van der Waals surface area (Å²) in [5.41, 5.74) is 6.23. The van der Waals surface area contributed by atoms with Crippen molar-refractivity contribution in [1.82, 2.24) is 9.80 Å². The Morgan fingerprint density at radius 2 is 2.12 bits per heavy atom. The fourth-order valence-corrected chi connectivity index (χ4v) is 3.28. The number of rotatable bonds is 2. The molecule has 98 valence electrons. The van der Waals surface area contributed by atoms with Gasteiger partial charge in [-0.05, 0) is 46.6 Å². The van der Waals surface area contributed by atoms with Gasteiger partial charge in [-0.1, -0.05) is 0 Å². The van der Waals surface area contributed by atoms with Crippen molar-refractivity contribution in [3.05, 3.63) is 0 Å². The average molecular weight is 238 g/mol. The van der Waals surface area contributed by atoms with Gasteiger partial charge in [0.1, 0.15) is 0 Å². The van der Waals surface area contributed by atoms with Crippen molar-refractivity contribution in [1.29, 1.82) is 0 Å². The molecular formula is C13H26N4. The second-order valence-electron chi connectivity index (χ2n) is 5.63. The van der Waals surface area contributed by atoms with Crippen molar-refractivity contribution in [3.63, 3.8) is 0 Å². The lowest BCUT2D eigenvalue weighted by atomic mass is 9.89. The molecule has 2 N–H and O–H groups in total. The smallest absolute Gasteiger partial charge is 0.191 e. The molecule has 0 bridgehead atoms. The first-order valence-corrected chi connectivity index (χ1v) is 6.91. The van der Waals surface area contributed by atoms with E-state index in [0.29, 0.717) is 6.04 Å². The van der Waals surface area contributed by atoms with Gasteiger partial charge in [0.15, 0.2) is 5.96 Å². The van der Waals surface area contributed by atoms with Crippen LogP contribution < -0.4 is 5.73 Å². The molecule has 0 saturated carbocycles. The van der Waals surface area contributed by atoms with E-state index >= 15 is 0 Å². The van der Waals surface area contributed by atoms with Crippen molar-refractivity contribution in [3.8, 4) is 0 Å². The van der Waals surface area contributed by atoms with Crippen LogP contribution in [-0.2, 0) is 0 Å². The van der Waals surface area contributed by atoms with E-state index in [9.17, 15) is 0 Å². The lowest BCUT2D eigenvalue weighted by molar-refractivity contribution is 0.170. The Hall–Kier alpha value is -0.770. The molecule has 17 heavy (non-hydrogen) atoms. The normalized spacial score (nSPS) is 31.1. The Labute approximate surface area is 105 Å². The van der Waals surface area contributed by atoms with Crippen LogP contribution >= 0.6 is 0 Å². The Kier molecular flexibility index (Phi) is 3.61. The summed E-state index contributed by atoms with van der Waals surface area (Å²) < 4.78 is 0. The van der Waals surface area contributed by atoms with Gasteiger partial charge in [0, 0.05) is 19.1 Å². The molecule has 2 aliphatic heterocycles. The van der Waals surface area contributed by atoms with Gasteiger partial charge in [0.2, 0.25) is 0 Å². The molecule has 0 aromatic heterocycles. The highest BCUT2D eigenvalue weighted by atomic mass is 15.4. The molecule has 1 unspecified atom stereocenters. The van der Waals surface area contributed by atoms with E-state index in [4.69, 9.17) is 5.73 Å². The number of nitrogens with zero attached hydrogens (tertiary/aromatic N) is 3. The number of likely N-dealkylation sites (N-methyl/N-ethyl adjacent to an activating group) is 1. The Bertz CT molecular complexity index is 300. The fourth-order valence-electron chi connectivity index (χ4n) is 3.28. The summed E-state index contributed by atoms with van der Waals surface area (Å²) in [6, 6.07) is 0.653. The third-order valence-corrected chi connectivity index (χ3v) is 4.38. The first-order valence-electron chi connectivity index (χ1n) is 6.91. The SMILES string of the molecule is CCN1C(N)=NCC12CCCN(C(C)C)CC2. The first kappa shape index (κ1) is 12.7. The van der Waals surface area contributed by atoms with Crippen LogP contribution in [0.3, 0.4) is 0 Å². The molecule has 2 heterocycles. The van der Waals surface area contributed by atoms with Crippen molar-refractivity contribution in [2.24, 2.45) is 10.7 Å². The van der Waals surface area contributed by atoms with Crippen LogP contribution in [0.15, 0.2) is 4.99 Å². The zero-order chi connectivity index (χ0) is 12.5. The quantitative estimate of drug-likeness (QED) is 0.788. The van der Waals surface area contributed by atoms with Crippen molar-refractivity contribution in [2.75, 3.05) is 26.2 Å². The molecule has 1 spiro atoms. The highest BCUT2D eigenvalue weighted by molar-refractivity contribution is 5.81. The molecule has 0 aromatic carbocycles. The van der Waals surface area contributed by atoms with Gasteiger partial charge < -0.3 is 15.5 Å². The van der Waals surface area contributed by atoms with Gasteiger partial charge in [-0.2, -0.15) is 0 Å². The van der Waals surface area contributed by atoms with E-state index in [0.717, 1.165) is 19.0 Å². The average Bonchev–Trinajstić information content (AvgIpc) is 2.49. The lowest BCUT2D eigenvalue weighted by Gasteiger charge is -2.38. The number of aliphatic imine (C=N–C) groups is 1. The molecule has 2 aliphatic rings. The van der Waals surface area contributed by atoms with E-state index in [1.165, 1.54) is 32.4 Å². The third-order valence-electron chi connectivity index (χ3n) is 4.38. The van der Waals surface area contributed by atoms with Crippen LogP contribution in [0.2, 0.25) is 0 Å². The van der Waals surface area contributed by atoms with E-state index in [2.05, 4.69) is 35.6 Å². The molecule has 0 amide bonds. The van der Waals surface area contributed by atoms with Gasteiger partial charge in [0.05, 0.1) is 12.1 Å². The van der Waals surface area contributed by atoms with Crippen LogP contribution in [-0.4, -0.2) is 53.5 Å². The molecule has 2 rings (SSSR count). The van der Waals surface area contributed by atoms with Gasteiger partial charge in [0.25, 0.3) is 0 Å². The van der Waals surface area contributed by atoms with E-state index < -0.39 is 0 Å². The van der Waals surface area contributed by atoms with Gasteiger partial charge in [-0.25, -0.2) is 0 Å². The predicted octanol–water partition coefficient (Wildman–Crippen LogP) is 1.27. The summed E-state index contributed by atoms with van der Waals surface area (Å²) in [5, 5.41) is 0. The van der Waals surface area contributed by atoms with Crippen molar-refractivity contribution in [2.45, 2.75) is 51.6 Å². The highest BCUT2D eigenvalue weighted by Crippen LogP contribution is 2.33. The number of hydrogen-bond donors (Lipinski definition) is 1. The second kappa shape index (κ2) is 4.84. The van der Waals surface area contributed by atoms with E-state index in [-0.39, 0.29) is 5.54 Å². The zero-order valence-electron chi connectivity index (χ0n) is 11.4. The largest absolute Gasteiger partial charge is 0.370 e. The zero-order valence-corrected chi connectivity index (χ0v) is 11.4. The maximum atomic E-state index is 6.00. The van der Waals surface area contributed by atoms with Crippen molar-refractivity contribution < 1.29 is 0 Å². The minimum Gasteiger partial charge on any atom is -0.370 e. The number of hydrogen-bond acceptors (Lipinski definition) is 4. The minimum atomic E-state index is 0.225. The summed E-state index contributed by atoms with van der Waals surface area (Å²) in [7, 11) is 0. The molecule has 0 aliphatic carbocycles. The van der Waals surface area contributed by atoms with Crippen LogP contribution in [0, 0.1) is 0 Å². The molecule has 1 saturated heterocycles. The molecule has 1 atom stereocenters. The molecular weight excluding hydrogens is 212 g/mol. The fraction of sp³-hybridized carbons (Fsp3) is 0.923. The topological polar surface area (TPSA) is 44.9 Å². The summed E-state index contributed by atoms with van der Waals surface area (Å²) in [6.45, 7) is 11.0. The minimum absolute atomic E-state index is 0.225. The maximum absolute atomic E-state index is 6.00. The monoisotopic (exact) mass is 238 g/mol. The Morgan fingerprint density at radius 3 is 2.76 bits per heavy atom. The Morgan fingerprint density at radius 1 is 1.35 bits per heavy atom. The van der Waals surface area contributed by atoms with Crippen molar-refractivity contribution >= 4 is 5.96 Å². The molecule has 1 fully saturated rings. The first-order chi connectivity index (χ1) is 8.09. The Balaban J connectivity index is 2.08. The van der Waals surface area contributed by atoms with Crippen LogP contribution in [0.25, 0.3) is 0 Å². The lowest BCUT2D eigenvalue weighted by Crippen LogP contribution is -2.52. The summed E-state index contributed by atoms with van der Waals surface area (Å²) in [6.07, 6.45) is 3.69. The van der Waals surface area contributed by atoms with Crippen LogP contribution in [0.5, 0.6) is 0 Å². The number of likely N-dealkylation sites (tertiary alicyclic amines) is 1. The van der Waals surface area contributed by atoms with E-state index in [1.54, 1.807) is 0 Å². The standard InChI is InChI=1S/C13H26N4/c1-4-17-12(14)15-10-13(17)6-5-8-16(9-7-13)11(2)3/h11H,4-10H2,1-3H3,(H2,14,15). The van der Waals surface area contributed by atoms with E-state index in [1.807, 2.05) is 0 Å². The summed E-state index contributed by atoms with van der Waals surface area (Å²) in [5.74, 6) is 0.755. The molecule has 4 heteroatoms. The molecule has 0 radical (unpaired) electrons. The van der Waals surface area contributed by atoms with Gasteiger partial charge in [-0.15, -0.1) is 0 Å². The molecule has 4 nitrogen and oxygen atoms in total. The number of guanidine groups is 1. The van der Waals surface area contributed by atoms with Gasteiger partial charge in [-0.3, -0.25) is 4.99 Å². The highest BCUT2D eigenvalue weighted by Gasteiger charge is 2.42. The summed E-state index contributed by atoms with van der Waals surface area (Å²) in [4.78, 5) is 9.39. The maximum Gasteiger partial charge on any atom is 0.191 e. The predicted molar refractivity (Wildman–Crippen MR) is 72.2 cm³/mol. The third kappa shape index (κ3) is 2.28.